The minimum Gasteiger partial charge on any atom is -0.504 e. The number of aliphatic carboxylic acids is 1. The van der Waals surface area contributed by atoms with Crippen molar-refractivity contribution in [2.24, 2.45) is 0 Å². The van der Waals surface area contributed by atoms with E-state index in [4.69, 9.17) is 19.0 Å². The molecular weight excluding hydrogens is 428 g/mol. The Kier molecular flexibility index (Phi) is 5.48. The maximum absolute atomic E-state index is 12.5. The number of hydrogen-bond donors (Lipinski definition) is 6. The molecule has 0 spiro atoms. The van der Waals surface area contributed by atoms with Gasteiger partial charge < -0.3 is 44.5 Å². The molecule has 32 heavy (non-hydrogen) atoms. The first-order valence-corrected chi connectivity index (χ1v) is 9.35. The Labute approximate surface area is 178 Å². The molecule has 1 aliphatic rings. The van der Waals surface area contributed by atoms with Crippen molar-refractivity contribution in [1.82, 2.24) is 0 Å². The van der Waals surface area contributed by atoms with Crippen molar-refractivity contribution in [1.29, 1.82) is 0 Å². The van der Waals surface area contributed by atoms with Gasteiger partial charge >= 0.3 is 5.97 Å². The van der Waals surface area contributed by atoms with Gasteiger partial charge in [0.05, 0.1) is 5.39 Å². The lowest BCUT2D eigenvalue weighted by Crippen LogP contribution is -2.61. The number of carboxylic acids is 1. The number of benzene rings is 2. The summed E-state index contributed by atoms with van der Waals surface area (Å²) in [6, 6.07) is 9.12. The summed E-state index contributed by atoms with van der Waals surface area (Å²) in [5.41, 5.74) is -0.0184. The van der Waals surface area contributed by atoms with Gasteiger partial charge in [0.25, 0.3) is 0 Å². The maximum atomic E-state index is 12.5. The molecule has 4 rings (SSSR count). The van der Waals surface area contributed by atoms with Crippen LogP contribution in [0.25, 0.3) is 22.3 Å². The van der Waals surface area contributed by atoms with Gasteiger partial charge in [-0.15, -0.1) is 0 Å². The summed E-state index contributed by atoms with van der Waals surface area (Å²) >= 11 is 0. The minimum absolute atomic E-state index is 0.0168. The summed E-state index contributed by atoms with van der Waals surface area (Å²) in [5, 5.41) is 58.2. The quantitative estimate of drug-likeness (QED) is 0.299. The molecule has 0 bridgehead atoms. The van der Waals surface area contributed by atoms with Crippen molar-refractivity contribution in [2.75, 3.05) is 0 Å². The Morgan fingerprint density at radius 3 is 2.34 bits per heavy atom. The summed E-state index contributed by atoms with van der Waals surface area (Å²) in [4.78, 5) is 23.7. The van der Waals surface area contributed by atoms with Gasteiger partial charge in [0.2, 0.25) is 6.29 Å². The molecule has 1 fully saturated rings. The topological polar surface area (TPSA) is 187 Å². The first kappa shape index (κ1) is 21.6. The lowest BCUT2D eigenvalue weighted by Gasteiger charge is -2.38. The molecule has 6 N–H and O–H groups in total. The standard InChI is InChI=1S/C21H18O11/c22-11-4-1-8(5-13(11)24)14-7-12(23)10-3-2-9(6-15(10)31-14)30-21-18(27)16(25)17(26)19(32-21)20(28)29/h1-7,16-19,21-22,24-27H,(H,28,29)/t16-,17-,18+,19-,21-/m1/s1. The highest BCUT2D eigenvalue weighted by molar-refractivity contribution is 5.80. The molecule has 2 aromatic carbocycles. The number of phenolic OH excluding ortho intramolecular Hbond substituents is 2. The lowest BCUT2D eigenvalue weighted by molar-refractivity contribution is -0.271. The Morgan fingerprint density at radius 2 is 1.66 bits per heavy atom. The van der Waals surface area contributed by atoms with Crippen molar-refractivity contribution in [3.8, 4) is 28.6 Å². The Bertz CT molecular complexity index is 1230. The highest BCUT2D eigenvalue weighted by atomic mass is 16.7. The van der Waals surface area contributed by atoms with Crippen LogP contribution in [0.5, 0.6) is 17.2 Å². The second-order valence-electron chi connectivity index (χ2n) is 7.19. The zero-order valence-corrected chi connectivity index (χ0v) is 16.2. The number of rotatable bonds is 4. The molecule has 3 aromatic rings. The van der Waals surface area contributed by atoms with Gasteiger partial charge in [-0.05, 0) is 30.3 Å². The van der Waals surface area contributed by atoms with Crippen molar-refractivity contribution in [2.45, 2.75) is 30.7 Å². The fourth-order valence-electron chi connectivity index (χ4n) is 3.31. The molecule has 1 saturated heterocycles. The van der Waals surface area contributed by atoms with Gasteiger partial charge in [-0.3, -0.25) is 4.79 Å². The first-order valence-electron chi connectivity index (χ1n) is 9.35. The molecule has 0 saturated carbocycles. The van der Waals surface area contributed by atoms with Crippen molar-refractivity contribution >= 4 is 16.9 Å². The van der Waals surface area contributed by atoms with Crippen molar-refractivity contribution in [3.63, 3.8) is 0 Å². The largest absolute Gasteiger partial charge is 0.504 e. The lowest BCUT2D eigenvalue weighted by atomic mass is 9.99. The zero-order chi connectivity index (χ0) is 23.2. The highest BCUT2D eigenvalue weighted by Gasteiger charge is 2.48. The van der Waals surface area contributed by atoms with Crippen LogP contribution in [0.15, 0.2) is 51.7 Å². The maximum Gasteiger partial charge on any atom is 0.335 e. The van der Waals surface area contributed by atoms with E-state index in [9.17, 15) is 35.1 Å². The van der Waals surface area contributed by atoms with Gasteiger partial charge in [-0.25, -0.2) is 4.79 Å². The Balaban J connectivity index is 1.67. The van der Waals surface area contributed by atoms with Gasteiger partial charge in [0, 0.05) is 17.7 Å². The summed E-state index contributed by atoms with van der Waals surface area (Å²) < 4.78 is 16.2. The molecule has 2 heterocycles. The fraction of sp³-hybridized carbons (Fsp3) is 0.238. The number of fused-ring (bicyclic) bond motifs is 1. The molecule has 0 aliphatic carbocycles. The van der Waals surface area contributed by atoms with Crippen LogP contribution in [-0.4, -0.2) is 67.3 Å². The van der Waals surface area contributed by atoms with E-state index >= 15 is 0 Å². The Morgan fingerprint density at radius 1 is 0.906 bits per heavy atom. The van der Waals surface area contributed by atoms with Crippen LogP contribution in [0.2, 0.25) is 0 Å². The normalized spacial score (nSPS) is 25.5. The molecule has 168 valence electrons. The molecular formula is C21H18O11. The second-order valence-corrected chi connectivity index (χ2v) is 7.19. The van der Waals surface area contributed by atoms with E-state index < -0.39 is 47.9 Å². The van der Waals surface area contributed by atoms with Gasteiger partial charge in [-0.2, -0.15) is 0 Å². The van der Waals surface area contributed by atoms with Gasteiger partial charge in [0.15, 0.2) is 23.0 Å². The van der Waals surface area contributed by atoms with Crippen LogP contribution >= 0.6 is 0 Å². The zero-order valence-electron chi connectivity index (χ0n) is 16.2. The average Bonchev–Trinajstić information content (AvgIpc) is 2.75. The summed E-state index contributed by atoms with van der Waals surface area (Å²) in [5.74, 6) is -2.19. The van der Waals surface area contributed by atoms with E-state index in [1.165, 1.54) is 42.5 Å². The SMILES string of the molecule is O=C(O)[C@@H]1O[C@@H](Oc2ccc3c(=O)cc(-c4ccc(O)c(O)c4)oc3c2)[C@@H](O)[C@H](O)[C@H]1O. The van der Waals surface area contributed by atoms with Gasteiger partial charge in [0.1, 0.15) is 35.4 Å². The minimum atomic E-state index is -1.86. The number of ether oxygens (including phenoxy) is 2. The number of aromatic hydroxyl groups is 2. The number of phenols is 2. The van der Waals surface area contributed by atoms with E-state index in [0.717, 1.165) is 0 Å². The van der Waals surface area contributed by atoms with Gasteiger partial charge in [-0.1, -0.05) is 0 Å². The molecule has 0 radical (unpaired) electrons. The fourth-order valence-corrected chi connectivity index (χ4v) is 3.31. The average molecular weight is 446 g/mol. The number of hydrogen-bond acceptors (Lipinski definition) is 10. The smallest absolute Gasteiger partial charge is 0.335 e. The van der Waals surface area contributed by atoms with E-state index in [1.807, 2.05) is 0 Å². The van der Waals surface area contributed by atoms with E-state index in [0.29, 0.717) is 5.56 Å². The predicted octanol–water partition coefficient (Wildman–Crippen LogP) is 0.142. The van der Waals surface area contributed by atoms with E-state index in [1.54, 1.807) is 0 Å². The van der Waals surface area contributed by atoms with Crippen molar-refractivity contribution in [3.05, 3.63) is 52.7 Å². The molecule has 1 aromatic heterocycles. The van der Waals surface area contributed by atoms with Crippen LogP contribution in [0.3, 0.4) is 0 Å². The molecule has 11 nitrogen and oxygen atoms in total. The molecule has 5 atom stereocenters. The number of aliphatic hydroxyl groups is 3. The van der Waals surface area contributed by atoms with E-state index in [2.05, 4.69) is 0 Å². The Hall–Kier alpha value is -3.64. The molecule has 1 aliphatic heterocycles. The van der Waals surface area contributed by atoms with Crippen LogP contribution in [0.1, 0.15) is 0 Å². The monoisotopic (exact) mass is 446 g/mol. The molecule has 11 heteroatoms. The van der Waals surface area contributed by atoms with Crippen molar-refractivity contribution < 1.29 is 49.3 Å². The third-order valence-electron chi connectivity index (χ3n) is 5.03. The highest BCUT2D eigenvalue weighted by Crippen LogP contribution is 2.32. The number of carboxylic acid groups (broad SMARTS) is 1. The summed E-state index contributed by atoms with van der Waals surface area (Å²) in [6.07, 6.45) is -8.90. The summed E-state index contributed by atoms with van der Waals surface area (Å²) in [7, 11) is 0. The van der Waals surface area contributed by atoms with Crippen LogP contribution < -0.4 is 10.2 Å². The molecule has 0 unspecified atom stereocenters. The first-order chi connectivity index (χ1) is 15.2. The number of aliphatic hydroxyl groups excluding tert-OH is 3. The summed E-state index contributed by atoms with van der Waals surface area (Å²) in [6.45, 7) is 0. The third kappa shape index (κ3) is 3.85. The van der Waals surface area contributed by atoms with Crippen LogP contribution in [0.4, 0.5) is 0 Å². The second kappa shape index (κ2) is 8.13. The van der Waals surface area contributed by atoms with Crippen LogP contribution in [-0.2, 0) is 9.53 Å². The van der Waals surface area contributed by atoms with Crippen LogP contribution in [0, 0.1) is 0 Å². The molecule has 0 amide bonds. The number of carbonyl (C=O) groups is 1. The van der Waals surface area contributed by atoms with E-state index in [-0.39, 0.29) is 28.2 Å². The third-order valence-corrected chi connectivity index (χ3v) is 5.03. The predicted molar refractivity (Wildman–Crippen MR) is 106 cm³/mol.